The molecule has 1 amide bonds. The molecule has 31 heavy (non-hydrogen) atoms. The molecule has 8 nitrogen and oxygen atoms in total. The molecule has 0 radical (unpaired) electrons. The first-order chi connectivity index (χ1) is 15.2. The number of amides is 1. The van der Waals surface area contributed by atoms with E-state index in [-0.39, 0.29) is 12.5 Å². The molecule has 2 saturated carbocycles. The molecule has 0 spiro atoms. The zero-order chi connectivity index (χ0) is 21.6. The van der Waals surface area contributed by atoms with Gasteiger partial charge in [0.15, 0.2) is 11.5 Å². The lowest BCUT2D eigenvalue weighted by molar-refractivity contribution is -0.139. The summed E-state index contributed by atoms with van der Waals surface area (Å²) in [6.07, 6.45) is 11.9. The van der Waals surface area contributed by atoms with E-state index in [1.165, 1.54) is 43.3 Å². The highest BCUT2D eigenvalue weighted by Gasteiger charge is 2.32. The Balaban J connectivity index is 1.49. The molecule has 1 heterocycles. The van der Waals surface area contributed by atoms with E-state index in [0.717, 1.165) is 31.2 Å². The Morgan fingerprint density at radius 1 is 0.968 bits per heavy atom. The summed E-state index contributed by atoms with van der Waals surface area (Å²) < 4.78 is 10.7. The highest BCUT2D eigenvalue weighted by Crippen LogP contribution is 2.32. The van der Waals surface area contributed by atoms with Crippen LogP contribution in [0, 0.1) is 0 Å². The van der Waals surface area contributed by atoms with Crippen molar-refractivity contribution in [1.29, 1.82) is 0 Å². The standard InChI is InChI=1S/C23H33N5O3/c1-30-20-14-13-17(15-21(20)31-2)23-24-26-27(25-23)16-22(29)28(18-9-5-3-6-10-18)19-11-7-4-8-12-19/h13-15,18-19H,3-12,16H2,1-2H3. The van der Waals surface area contributed by atoms with Crippen LogP contribution in [0.2, 0.25) is 0 Å². The summed E-state index contributed by atoms with van der Waals surface area (Å²) >= 11 is 0. The first-order valence-electron chi connectivity index (χ1n) is 11.5. The highest BCUT2D eigenvalue weighted by atomic mass is 16.5. The van der Waals surface area contributed by atoms with Crippen molar-refractivity contribution in [1.82, 2.24) is 25.1 Å². The SMILES string of the molecule is COc1ccc(-c2nnn(CC(=O)N(C3CCCCC3)C3CCCCC3)n2)cc1OC. The van der Waals surface area contributed by atoms with E-state index < -0.39 is 0 Å². The number of carbonyl (C=O) groups is 1. The molecule has 4 rings (SSSR count). The van der Waals surface area contributed by atoms with Crippen molar-refractivity contribution in [3.05, 3.63) is 18.2 Å². The molecule has 0 atom stereocenters. The van der Waals surface area contributed by atoms with Gasteiger partial charge in [-0.15, -0.1) is 10.2 Å². The van der Waals surface area contributed by atoms with Crippen molar-refractivity contribution in [2.75, 3.05) is 14.2 Å². The maximum Gasteiger partial charge on any atom is 0.246 e. The average molecular weight is 428 g/mol. The Kier molecular flexibility index (Phi) is 7.04. The molecule has 0 aliphatic heterocycles. The van der Waals surface area contributed by atoms with Crippen LogP contribution in [0.3, 0.4) is 0 Å². The zero-order valence-electron chi connectivity index (χ0n) is 18.6. The first-order valence-corrected chi connectivity index (χ1v) is 11.5. The number of aromatic nitrogens is 4. The number of benzene rings is 1. The molecule has 1 aromatic carbocycles. The van der Waals surface area contributed by atoms with Gasteiger partial charge in [-0.3, -0.25) is 4.79 Å². The maximum atomic E-state index is 13.4. The fourth-order valence-electron chi connectivity index (χ4n) is 5.03. The van der Waals surface area contributed by atoms with Crippen molar-refractivity contribution in [2.45, 2.75) is 82.8 Å². The topological polar surface area (TPSA) is 82.4 Å². The zero-order valence-corrected chi connectivity index (χ0v) is 18.6. The third-order valence-electron chi connectivity index (χ3n) is 6.60. The maximum absolute atomic E-state index is 13.4. The van der Waals surface area contributed by atoms with Crippen LogP contribution in [-0.2, 0) is 11.3 Å². The molecule has 8 heteroatoms. The van der Waals surface area contributed by atoms with Gasteiger partial charge in [0.05, 0.1) is 14.2 Å². The van der Waals surface area contributed by atoms with Crippen molar-refractivity contribution in [3.8, 4) is 22.9 Å². The van der Waals surface area contributed by atoms with E-state index >= 15 is 0 Å². The Morgan fingerprint density at radius 3 is 2.16 bits per heavy atom. The molecule has 1 aromatic heterocycles. The number of methoxy groups -OCH3 is 2. The predicted molar refractivity (Wildman–Crippen MR) is 117 cm³/mol. The lowest BCUT2D eigenvalue weighted by Gasteiger charge is -2.41. The normalized spacial score (nSPS) is 18.0. The van der Waals surface area contributed by atoms with E-state index in [0.29, 0.717) is 29.4 Å². The van der Waals surface area contributed by atoms with Gasteiger partial charge in [-0.1, -0.05) is 38.5 Å². The number of carbonyl (C=O) groups excluding carboxylic acids is 1. The van der Waals surface area contributed by atoms with Crippen LogP contribution in [0.15, 0.2) is 18.2 Å². The minimum absolute atomic E-state index is 0.120. The fourth-order valence-corrected chi connectivity index (χ4v) is 5.03. The van der Waals surface area contributed by atoms with Gasteiger partial charge >= 0.3 is 0 Å². The predicted octanol–water partition coefficient (Wildman–Crippen LogP) is 3.85. The molecule has 2 aliphatic carbocycles. The third kappa shape index (κ3) is 4.99. The van der Waals surface area contributed by atoms with Crippen molar-refractivity contribution < 1.29 is 14.3 Å². The smallest absolute Gasteiger partial charge is 0.246 e. The summed E-state index contributed by atoms with van der Waals surface area (Å²) in [6.45, 7) is 0.132. The number of ether oxygens (including phenoxy) is 2. The van der Waals surface area contributed by atoms with Gasteiger partial charge in [-0.2, -0.15) is 4.80 Å². The molecule has 168 valence electrons. The third-order valence-corrected chi connectivity index (χ3v) is 6.60. The van der Waals surface area contributed by atoms with Gasteiger partial charge in [-0.05, 0) is 49.1 Å². The minimum atomic E-state index is 0.120. The van der Waals surface area contributed by atoms with Crippen LogP contribution in [0.1, 0.15) is 64.2 Å². The Labute approximate surface area is 183 Å². The summed E-state index contributed by atoms with van der Waals surface area (Å²) in [5.74, 6) is 1.84. The van der Waals surface area contributed by atoms with Crippen molar-refractivity contribution in [3.63, 3.8) is 0 Å². The molecule has 0 N–H and O–H groups in total. The van der Waals surface area contributed by atoms with E-state index in [4.69, 9.17) is 9.47 Å². The van der Waals surface area contributed by atoms with E-state index in [9.17, 15) is 4.79 Å². The summed E-state index contributed by atoms with van der Waals surface area (Å²) in [6, 6.07) is 6.21. The first kappa shape index (κ1) is 21.6. The van der Waals surface area contributed by atoms with Crippen LogP contribution < -0.4 is 9.47 Å². The van der Waals surface area contributed by atoms with Crippen LogP contribution in [0.4, 0.5) is 0 Å². The number of tetrazole rings is 1. The molecule has 2 aromatic rings. The lowest BCUT2D eigenvalue weighted by atomic mass is 9.88. The van der Waals surface area contributed by atoms with E-state index in [1.54, 1.807) is 14.2 Å². The molecule has 2 aliphatic rings. The lowest BCUT2D eigenvalue weighted by Crippen LogP contribution is -2.50. The molecular weight excluding hydrogens is 394 g/mol. The second-order valence-electron chi connectivity index (χ2n) is 8.60. The van der Waals surface area contributed by atoms with Crippen LogP contribution in [-0.4, -0.2) is 57.3 Å². The number of hydrogen-bond acceptors (Lipinski definition) is 6. The van der Waals surface area contributed by atoms with Gasteiger partial charge in [0.1, 0.15) is 6.54 Å². The summed E-state index contributed by atoms with van der Waals surface area (Å²) in [5.41, 5.74) is 0.771. The van der Waals surface area contributed by atoms with Gasteiger partial charge in [0, 0.05) is 17.6 Å². The molecule has 0 unspecified atom stereocenters. The summed E-state index contributed by atoms with van der Waals surface area (Å²) in [4.78, 5) is 17.0. The van der Waals surface area contributed by atoms with Crippen molar-refractivity contribution >= 4 is 5.91 Å². The van der Waals surface area contributed by atoms with Crippen LogP contribution in [0.25, 0.3) is 11.4 Å². The monoisotopic (exact) mass is 427 g/mol. The second-order valence-corrected chi connectivity index (χ2v) is 8.60. The molecule has 0 saturated heterocycles. The quantitative estimate of drug-likeness (QED) is 0.667. The van der Waals surface area contributed by atoms with Crippen LogP contribution >= 0.6 is 0 Å². The Bertz CT molecular complexity index is 854. The summed E-state index contributed by atoms with van der Waals surface area (Å²) in [5, 5.41) is 12.8. The minimum Gasteiger partial charge on any atom is -0.493 e. The van der Waals surface area contributed by atoms with E-state index in [1.807, 2.05) is 18.2 Å². The molecule has 0 bridgehead atoms. The largest absolute Gasteiger partial charge is 0.493 e. The number of rotatable bonds is 7. The second kappa shape index (κ2) is 10.1. The number of nitrogens with zero attached hydrogens (tertiary/aromatic N) is 5. The van der Waals surface area contributed by atoms with E-state index in [2.05, 4.69) is 20.3 Å². The van der Waals surface area contributed by atoms with Gasteiger partial charge in [-0.25, -0.2) is 0 Å². The van der Waals surface area contributed by atoms with Crippen molar-refractivity contribution in [2.24, 2.45) is 0 Å². The summed E-state index contributed by atoms with van der Waals surface area (Å²) in [7, 11) is 3.19. The van der Waals surface area contributed by atoms with Gasteiger partial charge in [0.2, 0.25) is 11.7 Å². The van der Waals surface area contributed by atoms with Gasteiger partial charge in [0.25, 0.3) is 0 Å². The molecule has 2 fully saturated rings. The number of hydrogen-bond donors (Lipinski definition) is 0. The molecular formula is C23H33N5O3. The fraction of sp³-hybridized carbons (Fsp3) is 0.652. The Hall–Kier alpha value is -2.64. The van der Waals surface area contributed by atoms with Crippen LogP contribution in [0.5, 0.6) is 11.5 Å². The highest BCUT2D eigenvalue weighted by molar-refractivity contribution is 5.76. The average Bonchev–Trinajstić information content (AvgIpc) is 3.28. The van der Waals surface area contributed by atoms with Gasteiger partial charge < -0.3 is 14.4 Å². The Morgan fingerprint density at radius 2 is 1.58 bits per heavy atom.